The van der Waals surface area contributed by atoms with E-state index in [9.17, 15) is 9.59 Å². The smallest absolute Gasteiger partial charge is 0.414 e. The Morgan fingerprint density at radius 3 is 2.37 bits per heavy atom. The molecule has 1 atom stereocenters. The number of ether oxygens (including phenoxy) is 4. The molecule has 2 amide bonds. The number of carbonyl (C=O) groups is 2. The minimum Gasteiger partial charge on any atom is -0.497 e. The minimum atomic E-state index is -0.427. The van der Waals surface area contributed by atoms with Crippen molar-refractivity contribution in [3.63, 3.8) is 0 Å². The van der Waals surface area contributed by atoms with Gasteiger partial charge in [-0.05, 0) is 42.0 Å². The lowest BCUT2D eigenvalue weighted by Crippen LogP contribution is -2.46. The van der Waals surface area contributed by atoms with E-state index < -0.39 is 12.2 Å². The van der Waals surface area contributed by atoms with Gasteiger partial charge in [0.25, 0.3) is 0 Å². The highest BCUT2D eigenvalue weighted by atomic mass is 16.6. The Morgan fingerprint density at radius 1 is 0.927 bits per heavy atom. The lowest BCUT2D eigenvalue weighted by molar-refractivity contribution is -0.120. The van der Waals surface area contributed by atoms with Crippen LogP contribution in [0, 0.1) is 0 Å². The maximum Gasteiger partial charge on any atom is 0.414 e. The largest absolute Gasteiger partial charge is 0.497 e. The van der Waals surface area contributed by atoms with Crippen LogP contribution in [0.25, 0.3) is 0 Å². The molecule has 2 aromatic carbocycles. The van der Waals surface area contributed by atoms with E-state index >= 15 is 0 Å². The number of methoxy groups -OCH3 is 3. The summed E-state index contributed by atoms with van der Waals surface area (Å²) in [6.07, 6.45) is -0.628. The number of nitrogens with one attached hydrogen (secondary N) is 1. The van der Waals surface area contributed by atoms with Crippen molar-refractivity contribution in [1.82, 2.24) is 15.3 Å². The van der Waals surface area contributed by atoms with E-state index in [1.807, 2.05) is 54.6 Å². The first kappa shape index (κ1) is 27.8. The maximum atomic E-state index is 12.6. The summed E-state index contributed by atoms with van der Waals surface area (Å²) >= 11 is 0. The fourth-order valence-corrected chi connectivity index (χ4v) is 4.88. The number of cyclic esters (lactones) is 1. The summed E-state index contributed by atoms with van der Waals surface area (Å²) in [5, 5.41) is 2.87. The lowest BCUT2D eigenvalue weighted by Gasteiger charge is -2.36. The van der Waals surface area contributed by atoms with Gasteiger partial charge in [-0.1, -0.05) is 12.1 Å². The van der Waals surface area contributed by atoms with E-state index in [0.29, 0.717) is 18.2 Å². The second-order valence-corrected chi connectivity index (χ2v) is 9.69. The molecule has 0 radical (unpaired) electrons. The van der Waals surface area contributed by atoms with Gasteiger partial charge >= 0.3 is 12.1 Å². The topological polar surface area (TPSA) is 119 Å². The van der Waals surface area contributed by atoms with Gasteiger partial charge in [-0.15, -0.1) is 0 Å². The summed E-state index contributed by atoms with van der Waals surface area (Å²) < 4.78 is 21.2. The zero-order chi connectivity index (χ0) is 28.8. The number of piperazine rings is 1. The van der Waals surface area contributed by atoms with E-state index in [1.54, 1.807) is 19.1 Å². The number of carbonyl (C=O) groups excluding carboxylic acids is 2. The molecular weight excluding hydrogens is 528 g/mol. The van der Waals surface area contributed by atoms with Gasteiger partial charge in [0, 0.05) is 43.6 Å². The van der Waals surface area contributed by atoms with Gasteiger partial charge in [0.2, 0.25) is 11.8 Å². The Hall–Kier alpha value is -4.74. The molecule has 1 aromatic heterocycles. The second kappa shape index (κ2) is 12.6. The van der Waals surface area contributed by atoms with Crippen LogP contribution in [-0.2, 0) is 16.0 Å². The molecule has 0 bridgehead atoms. The van der Waals surface area contributed by atoms with Crippen molar-refractivity contribution in [3.05, 3.63) is 60.2 Å². The number of rotatable bonds is 10. The highest BCUT2D eigenvalue weighted by molar-refractivity contribution is 5.90. The molecular formula is C29H34N6O6. The van der Waals surface area contributed by atoms with Crippen LogP contribution in [0.1, 0.15) is 5.56 Å². The number of benzene rings is 2. The number of anilines is 3. The Bertz CT molecular complexity index is 1340. The zero-order valence-electron chi connectivity index (χ0n) is 23.4. The number of hydrogen-bond donors (Lipinski definition) is 1. The molecule has 12 nitrogen and oxygen atoms in total. The third-order valence-electron chi connectivity index (χ3n) is 7.09. The van der Waals surface area contributed by atoms with Crippen LogP contribution in [0.5, 0.6) is 17.6 Å². The predicted molar refractivity (Wildman–Crippen MR) is 153 cm³/mol. The van der Waals surface area contributed by atoms with Crippen molar-refractivity contribution in [1.29, 1.82) is 0 Å². The Labute approximate surface area is 238 Å². The van der Waals surface area contributed by atoms with Crippen LogP contribution < -0.4 is 34.2 Å². The quantitative estimate of drug-likeness (QED) is 0.395. The van der Waals surface area contributed by atoms with Crippen molar-refractivity contribution >= 4 is 29.2 Å². The van der Waals surface area contributed by atoms with Gasteiger partial charge in [0.15, 0.2) is 0 Å². The van der Waals surface area contributed by atoms with Gasteiger partial charge in [0.1, 0.15) is 17.7 Å². The molecule has 41 heavy (non-hydrogen) atoms. The maximum absolute atomic E-state index is 12.6. The second-order valence-electron chi connectivity index (χ2n) is 9.69. The van der Waals surface area contributed by atoms with Crippen LogP contribution in [0.4, 0.5) is 22.0 Å². The van der Waals surface area contributed by atoms with Crippen molar-refractivity contribution in [2.75, 3.05) is 75.3 Å². The van der Waals surface area contributed by atoms with Crippen molar-refractivity contribution < 1.29 is 28.5 Å². The molecule has 0 aliphatic carbocycles. The zero-order valence-corrected chi connectivity index (χ0v) is 23.4. The average molecular weight is 563 g/mol. The highest BCUT2D eigenvalue weighted by Gasteiger charge is 2.32. The van der Waals surface area contributed by atoms with Gasteiger partial charge in [0.05, 0.1) is 40.8 Å². The molecule has 3 aromatic rings. The highest BCUT2D eigenvalue weighted by Crippen LogP contribution is 2.27. The fraction of sp³-hybridized carbons (Fsp3) is 0.379. The fourth-order valence-electron chi connectivity index (χ4n) is 4.88. The van der Waals surface area contributed by atoms with E-state index in [0.717, 1.165) is 48.9 Å². The molecule has 2 aliphatic heterocycles. The van der Waals surface area contributed by atoms with E-state index in [1.165, 1.54) is 7.11 Å². The third-order valence-corrected chi connectivity index (χ3v) is 7.09. The minimum absolute atomic E-state index is 0.143. The molecule has 2 aliphatic rings. The van der Waals surface area contributed by atoms with E-state index in [4.69, 9.17) is 18.9 Å². The van der Waals surface area contributed by atoms with Crippen LogP contribution in [0.2, 0.25) is 0 Å². The molecule has 1 unspecified atom stereocenters. The number of aromatic nitrogens is 2. The summed E-state index contributed by atoms with van der Waals surface area (Å²) in [7, 11) is 4.69. The summed E-state index contributed by atoms with van der Waals surface area (Å²) in [4.78, 5) is 39.7. The normalized spacial score (nSPS) is 16.8. The molecule has 12 heteroatoms. The molecule has 5 rings (SSSR count). The summed E-state index contributed by atoms with van der Waals surface area (Å²) in [5.74, 6) is 1.79. The van der Waals surface area contributed by atoms with Gasteiger partial charge < -0.3 is 34.1 Å². The molecule has 216 valence electrons. The van der Waals surface area contributed by atoms with Crippen LogP contribution in [-0.4, -0.2) is 88.7 Å². The molecule has 0 saturated carbocycles. The SMILES string of the molecule is COc1cccc(CC(=O)NCC2CN(c3ccc(N4CCN(c5cc(OC)nc(OC)n5)CC4)cc3)C(=O)O2)c1. The van der Waals surface area contributed by atoms with Crippen LogP contribution in [0.15, 0.2) is 54.6 Å². The molecule has 3 heterocycles. The molecule has 0 spiro atoms. The summed E-state index contributed by atoms with van der Waals surface area (Å²) in [5.41, 5.74) is 2.67. The summed E-state index contributed by atoms with van der Waals surface area (Å²) in [6, 6.07) is 17.3. The van der Waals surface area contributed by atoms with Crippen molar-refractivity contribution in [2.24, 2.45) is 0 Å². The van der Waals surface area contributed by atoms with E-state index in [-0.39, 0.29) is 24.9 Å². The van der Waals surface area contributed by atoms with Gasteiger partial charge in [-0.3, -0.25) is 9.69 Å². The van der Waals surface area contributed by atoms with Crippen LogP contribution in [0.3, 0.4) is 0 Å². The molecule has 2 fully saturated rings. The number of nitrogens with zero attached hydrogens (tertiary/aromatic N) is 5. The first-order valence-electron chi connectivity index (χ1n) is 13.4. The predicted octanol–water partition coefficient (Wildman–Crippen LogP) is 2.51. The monoisotopic (exact) mass is 562 g/mol. The van der Waals surface area contributed by atoms with E-state index in [2.05, 4.69) is 25.1 Å². The van der Waals surface area contributed by atoms with Crippen LogP contribution >= 0.6 is 0 Å². The number of hydrogen-bond acceptors (Lipinski definition) is 10. The van der Waals surface area contributed by atoms with Gasteiger partial charge in [-0.2, -0.15) is 9.97 Å². The summed E-state index contributed by atoms with van der Waals surface area (Å²) in [6.45, 7) is 3.76. The van der Waals surface area contributed by atoms with Gasteiger partial charge in [-0.25, -0.2) is 4.79 Å². The third kappa shape index (κ3) is 6.71. The Balaban J connectivity index is 1.11. The molecule has 1 N–H and O–H groups in total. The standard InChI is InChI=1S/C29H34N6O6/c1-38-23-6-4-5-20(15-23)16-26(36)30-18-24-19-35(29(37)41-24)22-9-7-21(8-10-22)33-11-13-34(14-12-33)25-17-27(39-2)32-28(31-25)40-3/h4-10,15,17,24H,11-14,16,18-19H2,1-3H3,(H,30,36). The molecule has 2 saturated heterocycles. The first-order valence-corrected chi connectivity index (χ1v) is 13.4. The van der Waals surface area contributed by atoms with Crippen molar-refractivity contribution in [2.45, 2.75) is 12.5 Å². The Morgan fingerprint density at radius 2 is 1.66 bits per heavy atom. The average Bonchev–Trinajstić information content (AvgIpc) is 3.40. The number of amides is 2. The lowest BCUT2D eigenvalue weighted by atomic mass is 10.1. The Kier molecular flexibility index (Phi) is 8.56. The van der Waals surface area contributed by atoms with Crippen molar-refractivity contribution in [3.8, 4) is 17.6 Å². The first-order chi connectivity index (χ1) is 19.9.